The fourth-order valence-electron chi connectivity index (χ4n) is 5.14. The summed E-state index contributed by atoms with van der Waals surface area (Å²) in [5, 5.41) is 2.39. The van der Waals surface area contributed by atoms with Gasteiger partial charge in [0.05, 0.1) is 32.8 Å². The number of rotatable bonds is 8. The highest BCUT2D eigenvalue weighted by molar-refractivity contribution is 7.12. The smallest absolute Gasteiger partial charge is 0.191 e. The molecule has 0 aromatic carbocycles. The predicted octanol–water partition coefficient (Wildman–Crippen LogP) is 14.5. The summed E-state index contributed by atoms with van der Waals surface area (Å²) in [6.07, 6.45) is 0. The van der Waals surface area contributed by atoms with Gasteiger partial charge in [0.15, 0.2) is 11.8 Å². The van der Waals surface area contributed by atoms with E-state index in [1.165, 1.54) is 31.2 Å². The Kier molecular flexibility index (Phi) is 20.1. The van der Waals surface area contributed by atoms with Gasteiger partial charge in [0.25, 0.3) is 0 Å². The zero-order chi connectivity index (χ0) is 37.2. The number of aryl methyl sites for hydroxylation is 4. The molecule has 0 aliphatic heterocycles. The van der Waals surface area contributed by atoms with E-state index in [-0.39, 0.29) is 7.43 Å². The average molecular weight is 717 g/mol. The topological polar surface area (TPSA) is 77.8 Å². The van der Waals surface area contributed by atoms with Crippen molar-refractivity contribution in [3.05, 3.63) is 65.8 Å². The van der Waals surface area contributed by atoms with Crippen LogP contribution in [-0.2, 0) is 0 Å². The van der Waals surface area contributed by atoms with Crippen LogP contribution in [0.3, 0.4) is 0 Å². The third kappa shape index (κ3) is 14.4. The van der Waals surface area contributed by atoms with Crippen molar-refractivity contribution < 1.29 is 8.83 Å². The molecule has 280 valence electrons. The van der Waals surface area contributed by atoms with E-state index in [2.05, 4.69) is 145 Å². The monoisotopic (exact) mass is 717 g/mol. The van der Waals surface area contributed by atoms with Crippen LogP contribution in [0.15, 0.2) is 8.83 Å². The fraction of sp³-hybridized carbons (Fsp3) is 0.707. The zero-order valence-corrected chi connectivity index (χ0v) is 35.7. The van der Waals surface area contributed by atoms with Crippen molar-refractivity contribution >= 4 is 22.7 Å². The molecule has 0 saturated heterocycles. The molecule has 4 aromatic rings. The molecule has 4 rings (SSSR count). The third-order valence-electron chi connectivity index (χ3n) is 7.44. The molecular weight excluding hydrogens is 645 g/mol. The van der Waals surface area contributed by atoms with E-state index in [9.17, 15) is 0 Å². The number of thiazole rings is 2. The highest BCUT2D eigenvalue weighted by atomic mass is 32.1. The summed E-state index contributed by atoms with van der Waals surface area (Å²) in [5.74, 6) is 7.80. The van der Waals surface area contributed by atoms with Crippen LogP contribution in [0.2, 0.25) is 0 Å². The lowest BCUT2D eigenvalue weighted by Gasteiger charge is -2.07. The molecule has 4 aromatic heterocycles. The van der Waals surface area contributed by atoms with Crippen LogP contribution in [-0.4, -0.2) is 19.9 Å². The van der Waals surface area contributed by atoms with Gasteiger partial charge in [-0.05, 0) is 49.4 Å². The Morgan fingerprint density at radius 3 is 0.796 bits per heavy atom. The van der Waals surface area contributed by atoms with Crippen molar-refractivity contribution in [2.45, 2.75) is 193 Å². The van der Waals surface area contributed by atoms with E-state index < -0.39 is 0 Å². The number of nitrogens with zero attached hydrogens (tertiary/aromatic N) is 4. The van der Waals surface area contributed by atoms with E-state index in [0.29, 0.717) is 47.3 Å². The highest BCUT2D eigenvalue weighted by Gasteiger charge is 2.18. The second kappa shape index (κ2) is 21.1. The first-order valence-corrected chi connectivity index (χ1v) is 19.6. The summed E-state index contributed by atoms with van der Waals surface area (Å²) >= 11 is 3.68. The van der Waals surface area contributed by atoms with Crippen LogP contribution in [0, 0.1) is 27.7 Å². The second-order valence-corrected chi connectivity index (χ2v) is 17.6. The van der Waals surface area contributed by atoms with E-state index >= 15 is 0 Å². The maximum atomic E-state index is 5.53. The summed E-state index contributed by atoms with van der Waals surface area (Å²) in [6, 6.07) is 0. The number of oxazole rings is 2. The summed E-state index contributed by atoms with van der Waals surface area (Å²) in [4.78, 5) is 20.8. The maximum Gasteiger partial charge on any atom is 0.191 e. The average Bonchev–Trinajstić information content (AvgIpc) is 3.74. The van der Waals surface area contributed by atoms with E-state index in [1.807, 2.05) is 36.5 Å². The lowest BCUT2D eigenvalue weighted by atomic mass is 10.0. The largest absolute Gasteiger partial charge is 0.445 e. The normalized spacial score (nSPS) is 11.3. The SMILES string of the molecule is C.Cc1nc(C(C)C)c(C(C)C)o1.Cc1nc(C(C)C)c(C(C)C)o1.Cc1nc(C(C)C)c(C(C)C)s1.Cc1nc(C(C)C)c(C(C)C)s1. The van der Waals surface area contributed by atoms with Gasteiger partial charge in [-0.1, -0.05) is 118 Å². The van der Waals surface area contributed by atoms with Crippen molar-refractivity contribution in [2.75, 3.05) is 0 Å². The van der Waals surface area contributed by atoms with E-state index in [4.69, 9.17) is 8.83 Å². The molecule has 0 unspecified atom stereocenters. The lowest BCUT2D eigenvalue weighted by Crippen LogP contribution is -1.95. The molecule has 0 N–H and O–H groups in total. The van der Waals surface area contributed by atoms with Crippen LogP contribution >= 0.6 is 22.7 Å². The Bertz CT molecular complexity index is 1170. The molecule has 0 amide bonds. The summed E-state index contributed by atoms with van der Waals surface area (Å²) in [6.45, 7) is 42.8. The number of aromatic nitrogens is 4. The van der Waals surface area contributed by atoms with Crippen LogP contribution in [0.4, 0.5) is 0 Å². The zero-order valence-electron chi connectivity index (χ0n) is 34.0. The first-order valence-electron chi connectivity index (χ1n) is 18.0. The molecule has 4 heterocycles. The van der Waals surface area contributed by atoms with Crippen molar-refractivity contribution in [1.82, 2.24) is 19.9 Å². The predicted molar refractivity (Wildman–Crippen MR) is 216 cm³/mol. The molecule has 0 saturated carbocycles. The van der Waals surface area contributed by atoms with Gasteiger partial charge in [0.2, 0.25) is 0 Å². The van der Waals surface area contributed by atoms with Crippen molar-refractivity contribution in [1.29, 1.82) is 0 Å². The molecule has 0 radical (unpaired) electrons. The molecular formula is C41H72N4O2S2. The molecule has 8 heteroatoms. The molecule has 0 bridgehead atoms. The Hall–Kier alpha value is -2.32. The summed E-state index contributed by atoms with van der Waals surface area (Å²) < 4.78 is 11.1. The van der Waals surface area contributed by atoms with Gasteiger partial charge in [-0.15, -0.1) is 22.7 Å². The molecule has 0 fully saturated rings. The van der Waals surface area contributed by atoms with Crippen LogP contribution < -0.4 is 0 Å². The van der Waals surface area contributed by atoms with Gasteiger partial charge in [0, 0.05) is 35.4 Å². The number of hydrogen-bond acceptors (Lipinski definition) is 8. The first kappa shape index (κ1) is 46.7. The second-order valence-electron chi connectivity index (χ2n) is 15.2. The Morgan fingerprint density at radius 2 is 0.633 bits per heavy atom. The van der Waals surface area contributed by atoms with E-state index in [1.54, 1.807) is 0 Å². The standard InChI is InChI=1S/2C10H17NO.2C10H17NS.CH4/c4*1-6(2)9-10(7(3)4)12-8(5)11-9;/h4*6-7H,1-5H3;1H4. The van der Waals surface area contributed by atoms with Gasteiger partial charge in [0.1, 0.15) is 11.5 Å². The van der Waals surface area contributed by atoms with Crippen molar-refractivity contribution in [3.8, 4) is 0 Å². The molecule has 0 spiro atoms. The molecule has 49 heavy (non-hydrogen) atoms. The first-order chi connectivity index (χ1) is 22.1. The lowest BCUT2D eigenvalue weighted by molar-refractivity contribution is 0.452. The van der Waals surface area contributed by atoms with E-state index in [0.717, 1.165) is 34.7 Å². The third-order valence-corrected chi connectivity index (χ3v) is 10.0. The van der Waals surface area contributed by atoms with Gasteiger partial charge in [-0.3, -0.25) is 0 Å². The minimum atomic E-state index is 0. The van der Waals surface area contributed by atoms with Crippen molar-refractivity contribution in [3.63, 3.8) is 0 Å². The highest BCUT2D eigenvalue weighted by Crippen LogP contribution is 2.32. The Morgan fingerprint density at radius 1 is 0.367 bits per heavy atom. The van der Waals surface area contributed by atoms with Crippen LogP contribution in [0.5, 0.6) is 0 Å². The Balaban J connectivity index is 0.000000623. The quantitative estimate of drug-likeness (QED) is 0.181. The molecule has 6 nitrogen and oxygen atoms in total. The minimum Gasteiger partial charge on any atom is -0.445 e. The van der Waals surface area contributed by atoms with Gasteiger partial charge >= 0.3 is 0 Å². The maximum absolute atomic E-state index is 5.53. The van der Waals surface area contributed by atoms with Crippen LogP contribution in [0.25, 0.3) is 0 Å². The summed E-state index contributed by atoms with van der Waals surface area (Å²) in [5.41, 5.74) is 4.82. The fourth-order valence-corrected chi connectivity index (χ4v) is 7.31. The molecule has 0 aliphatic rings. The summed E-state index contributed by atoms with van der Waals surface area (Å²) in [7, 11) is 0. The van der Waals surface area contributed by atoms with Crippen LogP contribution in [0.1, 0.15) is 231 Å². The minimum absolute atomic E-state index is 0. The van der Waals surface area contributed by atoms with Gasteiger partial charge < -0.3 is 8.83 Å². The number of hydrogen-bond donors (Lipinski definition) is 0. The van der Waals surface area contributed by atoms with Gasteiger partial charge in [-0.2, -0.15) is 0 Å². The van der Waals surface area contributed by atoms with Crippen molar-refractivity contribution in [2.24, 2.45) is 0 Å². The Labute approximate surface area is 309 Å². The molecule has 0 aliphatic carbocycles. The van der Waals surface area contributed by atoms with Gasteiger partial charge in [-0.25, -0.2) is 19.9 Å². The molecule has 0 atom stereocenters.